The largest absolute Gasteiger partial charge is 0.399 e. The molecule has 4 N–H and O–H groups in total. The minimum atomic E-state index is 0.504. The van der Waals surface area contributed by atoms with E-state index >= 15 is 0 Å². The van der Waals surface area contributed by atoms with E-state index in [9.17, 15) is 0 Å². The Kier molecular flexibility index (Phi) is 3.22. The van der Waals surface area contributed by atoms with Gasteiger partial charge in [0.1, 0.15) is 0 Å². The fraction of sp³-hybridized carbons (Fsp3) is 0.100. The van der Waals surface area contributed by atoms with Crippen LogP contribution in [0.2, 0.25) is 10.0 Å². The summed E-state index contributed by atoms with van der Waals surface area (Å²) in [4.78, 5) is 0. The van der Waals surface area contributed by atoms with E-state index in [-0.39, 0.29) is 0 Å². The summed E-state index contributed by atoms with van der Waals surface area (Å²) < 4.78 is 0. The first kappa shape index (κ1) is 11.1. The van der Waals surface area contributed by atoms with Gasteiger partial charge in [-0.15, -0.1) is 0 Å². The number of hydrogen-bond acceptors (Lipinski definition) is 3. The van der Waals surface area contributed by atoms with Gasteiger partial charge in [0.05, 0.1) is 28.0 Å². The van der Waals surface area contributed by atoms with Crippen LogP contribution in [0.4, 0.5) is 11.4 Å². The Balaban J connectivity index is 2.15. The van der Waals surface area contributed by atoms with Gasteiger partial charge >= 0.3 is 0 Å². The second kappa shape index (κ2) is 4.63. The number of nitrogen functional groups attached to an aromatic ring is 1. The van der Waals surface area contributed by atoms with Crippen molar-refractivity contribution < 1.29 is 0 Å². The molecule has 0 radical (unpaired) electrons. The number of aromatic amines is 1. The highest BCUT2D eigenvalue weighted by atomic mass is 35.5. The van der Waals surface area contributed by atoms with Crippen molar-refractivity contribution in [1.82, 2.24) is 10.2 Å². The zero-order valence-corrected chi connectivity index (χ0v) is 9.81. The third-order valence-electron chi connectivity index (χ3n) is 2.08. The Morgan fingerprint density at radius 2 is 2.00 bits per heavy atom. The van der Waals surface area contributed by atoms with Crippen molar-refractivity contribution in [2.45, 2.75) is 6.54 Å². The Labute approximate surface area is 103 Å². The summed E-state index contributed by atoms with van der Waals surface area (Å²) in [6, 6.07) is 5.18. The maximum atomic E-state index is 6.02. The predicted molar refractivity (Wildman–Crippen MR) is 66.8 cm³/mol. The van der Waals surface area contributed by atoms with Crippen LogP contribution >= 0.6 is 23.2 Å². The number of nitrogens with zero attached hydrogens (tertiary/aromatic N) is 1. The lowest BCUT2D eigenvalue weighted by Crippen LogP contribution is -2.01. The van der Waals surface area contributed by atoms with Crippen molar-refractivity contribution in [3.8, 4) is 0 Å². The standard InChI is InChI=1S/C10H10Cl2N4/c11-8-3-6(13)4-9(12)10(8)14-5-7-1-2-15-16-7/h1-4,14H,5,13H2,(H,15,16). The van der Waals surface area contributed by atoms with E-state index in [1.165, 1.54) is 0 Å². The summed E-state index contributed by atoms with van der Waals surface area (Å²) in [5.74, 6) is 0. The van der Waals surface area contributed by atoms with Gasteiger partial charge in [-0.3, -0.25) is 5.10 Å². The van der Waals surface area contributed by atoms with E-state index in [1.807, 2.05) is 6.07 Å². The Morgan fingerprint density at radius 1 is 1.31 bits per heavy atom. The Morgan fingerprint density at radius 3 is 2.56 bits per heavy atom. The number of nitrogens with two attached hydrogens (primary N) is 1. The molecular weight excluding hydrogens is 247 g/mol. The highest BCUT2D eigenvalue weighted by Crippen LogP contribution is 2.32. The van der Waals surface area contributed by atoms with Gasteiger partial charge < -0.3 is 11.1 Å². The number of aromatic nitrogens is 2. The fourth-order valence-electron chi connectivity index (χ4n) is 1.33. The molecule has 2 rings (SSSR count). The molecule has 0 spiro atoms. The molecule has 0 aliphatic carbocycles. The molecule has 0 aliphatic rings. The van der Waals surface area contributed by atoms with Crippen molar-refractivity contribution >= 4 is 34.6 Å². The summed E-state index contributed by atoms with van der Waals surface area (Å²) >= 11 is 12.0. The molecule has 2 aromatic rings. The van der Waals surface area contributed by atoms with Crippen molar-refractivity contribution in [3.63, 3.8) is 0 Å². The molecule has 16 heavy (non-hydrogen) atoms. The summed E-state index contributed by atoms with van der Waals surface area (Å²) in [6.07, 6.45) is 1.68. The molecule has 84 valence electrons. The van der Waals surface area contributed by atoms with Gasteiger partial charge in [-0.25, -0.2) is 0 Å². The van der Waals surface area contributed by atoms with Crippen LogP contribution in [0.15, 0.2) is 24.4 Å². The first-order valence-electron chi connectivity index (χ1n) is 4.63. The zero-order chi connectivity index (χ0) is 11.5. The maximum Gasteiger partial charge on any atom is 0.0723 e. The van der Waals surface area contributed by atoms with Gasteiger partial charge in [0.25, 0.3) is 0 Å². The van der Waals surface area contributed by atoms with E-state index in [0.717, 1.165) is 5.69 Å². The number of halogens is 2. The van der Waals surface area contributed by atoms with E-state index in [4.69, 9.17) is 28.9 Å². The SMILES string of the molecule is Nc1cc(Cl)c(NCc2ccn[nH]2)c(Cl)c1. The predicted octanol–water partition coefficient (Wildman–Crippen LogP) is 2.91. The quantitative estimate of drug-likeness (QED) is 0.740. The first-order valence-corrected chi connectivity index (χ1v) is 5.39. The maximum absolute atomic E-state index is 6.02. The number of nitrogens with one attached hydrogen (secondary N) is 2. The van der Waals surface area contributed by atoms with Gasteiger partial charge in [0, 0.05) is 11.9 Å². The lowest BCUT2D eigenvalue weighted by molar-refractivity contribution is 0.982. The van der Waals surface area contributed by atoms with Crippen LogP contribution in [0.25, 0.3) is 0 Å². The number of benzene rings is 1. The highest BCUT2D eigenvalue weighted by molar-refractivity contribution is 6.39. The molecule has 4 nitrogen and oxygen atoms in total. The molecule has 1 aromatic heterocycles. The van der Waals surface area contributed by atoms with Crippen LogP contribution in [-0.4, -0.2) is 10.2 Å². The Hall–Kier alpha value is -1.39. The summed E-state index contributed by atoms with van der Waals surface area (Å²) in [5.41, 5.74) is 7.77. The van der Waals surface area contributed by atoms with Crippen molar-refractivity contribution in [1.29, 1.82) is 0 Å². The second-order valence-corrected chi connectivity index (χ2v) is 4.11. The van der Waals surface area contributed by atoms with Crippen LogP contribution in [0, 0.1) is 0 Å². The van der Waals surface area contributed by atoms with Crippen LogP contribution in [-0.2, 0) is 6.54 Å². The van der Waals surface area contributed by atoms with Gasteiger partial charge in [0.2, 0.25) is 0 Å². The van der Waals surface area contributed by atoms with E-state index in [0.29, 0.717) is 28.0 Å². The summed E-state index contributed by atoms with van der Waals surface area (Å²) in [6.45, 7) is 0.573. The molecule has 1 heterocycles. The van der Waals surface area contributed by atoms with Gasteiger partial charge in [-0.1, -0.05) is 23.2 Å². The number of anilines is 2. The van der Waals surface area contributed by atoms with Gasteiger partial charge in [0.15, 0.2) is 0 Å². The molecule has 0 atom stereocenters. The molecule has 1 aromatic carbocycles. The third-order valence-corrected chi connectivity index (χ3v) is 2.67. The smallest absolute Gasteiger partial charge is 0.0723 e. The van der Waals surface area contributed by atoms with Crippen molar-refractivity contribution in [3.05, 3.63) is 40.1 Å². The van der Waals surface area contributed by atoms with Crippen LogP contribution in [0.5, 0.6) is 0 Å². The Bertz CT molecular complexity index is 459. The lowest BCUT2D eigenvalue weighted by Gasteiger charge is -2.10. The topological polar surface area (TPSA) is 66.7 Å². The van der Waals surface area contributed by atoms with Crippen LogP contribution < -0.4 is 11.1 Å². The molecule has 0 fully saturated rings. The fourth-order valence-corrected chi connectivity index (χ4v) is 1.97. The minimum Gasteiger partial charge on any atom is -0.399 e. The van der Waals surface area contributed by atoms with E-state index in [2.05, 4.69) is 15.5 Å². The number of H-pyrrole nitrogens is 1. The average molecular weight is 257 g/mol. The zero-order valence-electron chi connectivity index (χ0n) is 8.30. The molecule has 6 heteroatoms. The number of rotatable bonds is 3. The molecule has 0 saturated carbocycles. The monoisotopic (exact) mass is 256 g/mol. The lowest BCUT2D eigenvalue weighted by atomic mass is 10.2. The second-order valence-electron chi connectivity index (χ2n) is 3.29. The molecule has 0 unspecified atom stereocenters. The van der Waals surface area contributed by atoms with Crippen LogP contribution in [0.1, 0.15) is 5.69 Å². The van der Waals surface area contributed by atoms with Crippen molar-refractivity contribution in [2.75, 3.05) is 11.1 Å². The minimum absolute atomic E-state index is 0.504. The third kappa shape index (κ3) is 2.40. The average Bonchev–Trinajstić information content (AvgIpc) is 2.68. The molecule has 0 aliphatic heterocycles. The number of hydrogen-bond donors (Lipinski definition) is 3. The van der Waals surface area contributed by atoms with Gasteiger partial charge in [-0.2, -0.15) is 5.10 Å². The molecule has 0 amide bonds. The highest BCUT2D eigenvalue weighted by Gasteiger charge is 2.07. The van der Waals surface area contributed by atoms with Crippen LogP contribution in [0.3, 0.4) is 0 Å². The molecule has 0 bridgehead atoms. The van der Waals surface area contributed by atoms with Gasteiger partial charge in [-0.05, 0) is 18.2 Å². The molecule has 0 saturated heterocycles. The molecular formula is C10H10Cl2N4. The normalized spacial score (nSPS) is 10.4. The summed E-state index contributed by atoms with van der Waals surface area (Å²) in [7, 11) is 0. The summed E-state index contributed by atoms with van der Waals surface area (Å²) in [5, 5.41) is 10.8. The first-order chi connectivity index (χ1) is 7.66. The van der Waals surface area contributed by atoms with E-state index in [1.54, 1.807) is 18.3 Å². The van der Waals surface area contributed by atoms with Crippen molar-refractivity contribution in [2.24, 2.45) is 0 Å². The van der Waals surface area contributed by atoms with E-state index < -0.39 is 0 Å².